The van der Waals surface area contributed by atoms with Gasteiger partial charge in [-0.05, 0) is 37.0 Å². The summed E-state index contributed by atoms with van der Waals surface area (Å²) < 4.78 is 0. The van der Waals surface area contributed by atoms with Gasteiger partial charge in [0, 0.05) is 44.5 Å². The van der Waals surface area contributed by atoms with Gasteiger partial charge in [-0.3, -0.25) is 19.4 Å². The molecule has 1 atom stereocenters. The number of carboxylic acids is 1. The highest BCUT2D eigenvalue weighted by atomic mass is 16.4. The normalized spacial score (nSPS) is 18.0. The molecule has 7 heteroatoms. The topological polar surface area (TPSA) is 90.8 Å². The number of aromatic nitrogens is 1. The fourth-order valence-corrected chi connectivity index (χ4v) is 3.00. The van der Waals surface area contributed by atoms with E-state index in [9.17, 15) is 14.4 Å². The Hall–Kier alpha value is -2.70. The van der Waals surface area contributed by atoms with Gasteiger partial charge >= 0.3 is 5.97 Å². The van der Waals surface area contributed by atoms with E-state index in [-0.39, 0.29) is 24.4 Å². The summed E-state index contributed by atoms with van der Waals surface area (Å²) in [5.41, 5.74) is 0.854. The number of amides is 2. The number of carbonyl (C=O) groups is 3. The average molecular weight is 345 g/mol. The molecule has 0 aromatic carbocycles. The average Bonchev–Trinajstić information content (AvgIpc) is 2.84. The van der Waals surface area contributed by atoms with Gasteiger partial charge in [0.25, 0.3) is 0 Å². The van der Waals surface area contributed by atoms with Crippen molar-refractivity contribution in [1.82, 2.24) is 14.8 Å². The largest absolute Gasteiger partial charge is 0.480 e. The Balaban J connectivity index is 1.96. The molecule has 0 aliphatic carbocycles. The zero-order valence-electron chi connectivity index (χ0n) is 14.3. The van der Waals surface area contributed by atoms with Crippen molar-refractivity contribution in [2.45, 2.75) is 32.2 Å². The Morgan fingerprint density at radius 2 is 2.16 bits per heavy atom. The van der Waals surface area contributed by atoms with E-state index < -0.39 is 5.97 Å². The molecule has 1 aromatic heterocycles. The number of carbonyl (C=O) groups excluding carboxylic acids is 2. The predicted octanol–water partition coefficient (Wildman–Crippen LogP) is 1.41. The summed E-state index contributed by atoms with van der Waals surface area (Å²) in [4.78, 5) is 42.2. The maximum absolute atomic E-state index is 12.4. The summed E-state index contributed by atoms with van der Waals surface area (Å²) in [6.07, 6.45) is 8.62. The zero-order valence-corrected chi connectivity index (χ0v) is 14.3. The lowest BCUT2D eigenvalue weighted by Crippen LogP contribution is -2.43. The first-order valence-electron chi connectivity index (χ1n) is 8.33. The molecule has 1 unspecified atom stereocenters. The van der Waals surface area contributed by atoms with Crippen molar-refractivity contribution >= 4 is 23.9 Å². The van der Waals surface area contributed by atoms with Crippen molar-refractivity contribution in [2.75, 3.05) is 19.6 Å². The highest BCUT2D eigenvalue weighted by molar-refractivity contribution is 5.91. The molecule has 1 fully saturated rings. The zero-order chi connectivity index (χ0) is 18.2. The monoisotopic (exact) mass is 345 g/mol. The number of aliphatic carboxylic acids is 1. The quantitative estimate of drug-likeness (QED) is 0.815. The van der Waals surface area contributed by atoms with Crippen LogP contribution in [0, 0.1) is 0 Å². The summed E-state index contributed by atoms with van der Waals surface area (Å²) in [5, 5.41) is 8.98. The number of carboxylic acid groups (broad SMARTS) is 1. The molecule has 1 N–H and O–H groups in total. The molecule has 1 aromatic rings. The predicted molar refractivity (Wildman–Crippen MR) is 92.5 cm³/mol. The number of rotatable bonds is 5. The molecule has 2 rings (SSSR count). The number of hydrogen-bond acceptors (Lipinski definition) is 4. The Bertz CT molecular complexity index is 645. The fourth-order valence-electron chi connectivity index (χ4n) is 3.00. The summed E-state index contributed by atoms with van der Waals surface area (Å²) in [7, 11) is 0. The number of likely N-dealkylation sites (tertiary alicyclic amines) is 1. The van der Waals surface area contributed by atoms with E-state index in [1.54, 1.807) is 29.4 Å². The minimum atomic E-state index is -1.02. The molecule has 0 radical (unpaired) electrons. The van der Waals surface area contributed by atoms with Gasteiger partial charge in [0.05, 0.1) is 0 Å². The van der Waals surface area contributed by atoms with E-state index in [1.807, 2.05) is 6.07 Å². The van der Waals surface area contributed by atoms with Crippen molar-refractivity contribution in [1.29, 1.82) is 0 Å². The van der Waals surface area contributed by atoms with Crippen molar-refractivity contribution in [3.63, 3.8) is 0 Å². The second kappa shape index (κ2) is 8.96. The molecule has 7 nitrogen and oxygen atoms in total. The van der Waals surface area contributed by atoms with E-state index in [2.05, 4.69) is 4.98 Å². The van der Waals surface area contributed by atoms with Crippen LogP contribution in [-0.4, -0.2) is 63.4 Å². The van der Waals surface area contributed by atoms with Crippen LogP contribution in [0.1, 0.15) is 31.7 Å². The lowest BCUT2D eigenvalue weighted by atomic mass is 10.1. The van der Waals surface area contributed by atoms with Crippen LogP contribution < -0.4 is 0 Å². The first kappa shape index (κ1) is 18.6. The van der Waals surface area contributed by atoms with E-state index in [4.69, 9.17) is 5.11 Å². The first-order chi connectivity index (χ1) is 12.0. The molecule has 0 bridgehead atoms. The van der Waals surface area contributed by atoms with Crippen molar-refractivity contribution in [2.24, 2.45) is 0 Å². The van der Waals surface area contributed by atoms with Gasteiger partial charge in [-0.1, -0.05) is 6.07 Å². The van der Waals surface area contributed by atoms with Gasteiger partial charge < -0.3 is 14.9 Å². The third-order valence-corrected chi connectivity index (χ3v) is 4.26. The molecule has 2 amide bonds. The van der Waals surface area contributed by atoms with Crippen LogP contribution >= 0.6 is 0 Å². The Labute approximate surface area is 146 Å². The van der Waals surface area contributed by atoms with Crippen LogP contribution in [0.3, 0.4) is 0 Å². The molecule has 134 valence electrons. The van der Waals surface area contributed by atoms with Gasteiger partial charge in [0.2, 0.25) is 11.8 Å². The van der Waals surface area contributed by atoms with Crippen molar-refractivity contribution in [3.05, 3.63) is 36.2 Å². The number of pyridine rings is 1. The minimum absolute atomic E-state index is 0.0860. The van der Waals surface area contributed by atoms with E-state index in [1.165, 1.54) is 17.9 Å². The lowest BCUT2D eigenvalue weighted by Gasteiger charge is -2.28. The fraction of sp³-hybridized carbons (Fsp3) is 0.444. The van der Waals surface area contributed by atoms with Crippen LogP contribution in [0.15, 0.2) is 30.6 Å². The lowest BCUT2D eigenvalue weighted by molar-refractivity contribution is -0.145. The molecule has 1 aliphatic heterocycles. The Morgan fingerprint density at radius 1 is 1.36 bits per heavy atom. The van der Waals surface area contributed by atoms with E-state index in [0.29, 0.717) is 25.9 Å². The first-order valence-corrected chi connectivity index (χ1v) is 8.33. The van der Waals surface area contributed by atoms with E-state index >= 15 is 0 Å². The molecular weight excluding hydrogens is 322 g/mol. The van der Waals surface area contributed by atoms with Crippen LogP contribution in [0.2, 0.25) is 0 Å². The molecule has 0 spiro atoms. The molecule has 25 heavy (non-hydrogen) atoms. The molecule has 2 heterocycles. The maximum Gasteiger partial charge on any atom is 0.323 e. The maximum atomic E-state index is 12.4. The molecular formula is C18H23N3O4. The standard InChI is InChI=1S/C18H23N3O4/c1-14(22)21(13-18(24)25)16-5-3-10-20(11-8-16)17(23)7-6-15-4-2-9-19-12-15/h2,4,6-7,9,12,16H,3,5,8,10-11,13H2,1H3,(H,24,25). The van der Waals surface area contributed by atoms with Crippen molar-refractivity contribution < 1.29 is 19.5 Å². The minimum Gasteiger partial charge on any atom is -0.480 e. The van der Waals surface area contributed by atoms with Crippen LogP contribution in [0.4, 0.5) is 0 Å². The SMILES string of the molecule is CC(=O)N(CC(=O)O)C1CCCN(C(=O)C=Cc2cccnc2)CC1. The van der Waals surface area contributed by atoms with Gasteiger partial charge in [0.1, 0.15) is 6.54 Å². The van der Waals surface area contributed by atoms with Gasteiger partial charge in [-0.2, -0.15) is 0 Å². The third-order valence-electron chi connectivity index (χ3n) is 4.26. The highest BCUT2D eigenvalue weighted by Gasteiger charge is 2.26. The second-order valence-corrected chi connectivity index (χ2v) is 6.07. The van der Waals surface area contributed by atoms with Crippen LogP contribution in [0.25, 0.3) is 6.08 Å². The molecule has 1 aliphatic rings. The van der Waals surface area contributed by atoms with Gasteiger partial charge in [0.15, 0.2) is 0 Å². The summed E-state index contributed by atoms with van der Waals surface area (Å²) in [5.74, 6) is -1.35. The highest BCUT2D eigenvalue weighted by Crippen LogP contribution is 2.17. The summed E-state index contributed by atoms with van der Waals surface area (Å²) in [6, 6.07) is 3.53. The number of hydrogen-bond donors (Lipinski definition) is 1. The summed E-state index contributed by atoms with van der Waals surface area (Å²) >= 11 is 0. The van der Waals surface area contributed by atoms with Crippen LogP contribution in [-0.2, 0) is 14.4 Å². The second-order valence-electron chi connectivity index (χ2n) is 6.07. The summed E-state index contributed by atoms with van der Waals surface area (Å²) in [6.45, 7) is 2.19. The Kier molecular flexibility index (Phi) is 6.68. The van der Waals surface area contributed by atoms with Gasteiger partial charge in [-0.25, -0.2) is 0 Å². The third kappa shape index (κ3) is 5.70. The number of nitrogens with zero attached hydrogens (tertiary/aromatic N) is 3. The Morgan fingerprint density at radius 3 is 2.80 bits per heavy atom. The van der Waals surface area contributed by atoms with E-state index in [0.717, 1.165) is 12.0 Å². The molecule has 0 saturated carbocycles. The van der Waals surface area contributed by atoms with Crippen molar-refractivity contribution in [3.8, 4) is 0 Å². The van der Waals surface area contributed by atoms with Crippen LogP contribution in [0.5, 0.6) is 0 Å². The smallest absolute Gasteiger partial charge is 0.323 e. The molecule has 1 saturated heterocycles. The van der Waals surface area contributed by atoms with Gasteiger partial charge in [-0.15, -0.1) is 0 Å².